The number of fused-ring (bicyclic) bond motifs is 1. The van der Waals surface area contributed by atoms with E-state index in [1.54, 1.807) is 6.07 Å². The summed E-state index contributed by atoms with van der Waals surface area (Å²) in [6, 6.07) is 4.22. The number of anilines is 1. The zero-order chi connectivity index (χ0) is 9.54. The minimum Gasteiger partial charge on any atom is -0.365 e. The van der Waals surface area contributed by atoms with E-state index in [0.717, 1.165) is 30.7 Å². The summed E-state index contributed by atoms with van der Waals surface area (Å²) in [7, 11) is 0. The highest BCUT2D eigenvalue weighted by Gasteiger charge is 2.53. The molecule has 14 heavy (non-hydrogen) atoms. The molecule has 4 nitrogen and oxygen atoms in total. The maximum atomic E-state index is 5.65. The molecule has 0 aromatic carbocycles. The standard InChI is InChI=1S/C9H11ClN4/c10-7-1-2-8(14-13-7)12-9-5-3-11-4-6(5)9/h1-2,5-6,9,11H,3-4H2,(H,12,14)/t5-,6+,9+. The number of halogens is 1. The molecule has 0 amide bonds. The third-order valence-corrected chi connectivity index (χ3v) is 3.24. The number of rotatable bonds is 2. The van der Waals surface area contributed by atoms with Crippen LogP contribution in [-0.2, 0) is 0 Å². The van der Waals surface area contributed by atoms with Crippen molar-refractivity contribution in [1.29, 1.82) is 0 Å². The normalized spacial score (nSPS) is 33.9. The third-order valence-electron chi connectivity index (χ3n) is 3.04. The summed E-state index contributed by atoms with van der Waals surface area (Å²) in [6.45, 7) is 2.26. The summed E-state index contributed by atoms with van der Waals surface area (Å²) < 4.78 is 0. The van der Waals surface area contributed by atoms with Crippen LogP contribution in [0.25, 0.3) is 0 Å². The van der Waals surface area contributed by atoms with Crippen LogP contribution in [0.5, 0.6) is 0 Å². The Morgan fingerprint density at radius 2 is 2.07 bits per heavy atom. The monoisotopic (exact) mass is 210 g/mol. The smallest absolute Gasteiger partial charge is 0.151 e. The van der Waals surface area contributed by atoms with Gasteiger partial charge in [0.15, 0.2) is 5.15 Å². The van der Waals surface area contributed by atoms with Gasteiger partial charge in [-0.15, -0.1) is 10.2 Å². The minimum absolute atomic E-state index is 0.438. The van der Waals surface area contributed by atoms with Crippen molar-refractivity contribution >= 4 is 17.4 Å². The Morgan fingerprint density at radius 1 is 1.29 bits per heavy atom. The summed E-state index contributed by atoms with van der Waals surface area (Å²) in [6.07, 6.45) is 0. The van der Waals surface area contributed by atoms with Crippen molar-refractivity contribution in [2.75, 3.05) is 18.4 Å². The van der Waals surface area contributed by atoms with E-state index in [1.165, 1.54) is 0 Å². The first-order chi connectivity index (χ1) is 6.84. The first kappa shape index (κ1) is 8.44. The van der Waals surface area contributed by atoms with Crippen LogP contribution in [-0.4, -0.2) is 29.3 Å². The minimum atomic E-state index is 0.438. The summed E-state index contributed by atoms with van der Waals surface area (Å²) in [4.78, 5) is 0. The van der Waals surface area contributed by atoms with Gasteiger partial charge in [-0.1, -0.05) is 11.6 Å². The quantitative estimate of drug-likeness (QED) is 0.757. The molecule has 0 spiro atoms. The van der Waals surface area contributed by atoms with Gasteiger partial charge in [0.25, 0.3) is 0 Å². The lowest BCUT2D eigenvalue weighted by Crippen LogP contribution is -2.21. The Morgan fingerprint density at radius 3 is 2.71 bits per heavy atom. The van der Waals surface area contributed by atoms with Crippen LogP contribution >= 0.6 is 11.6 Å². The molecule has 0 bridgehead atoms. The number of nitrogens with one attached hydrogen (secondary N) is 2. The van der Waals surface area contributed by atoms with Crippen molar-refractivity contribution < 1.29 is 0 Å². The lowest BCUT2D eigenvalue weighted by molar-refractivity contribution is 0.694. The molecule has 5 heteroatoms. The molecule has 0 unspecified atom stereocenters. The summed E-state index contributed by atoms with van der Waals surface area (Å²) in [5, 5.41) is 14.9. The van der Waals surface area contributed by atoms with Gasteiger partial charge in [-0.05, 0) is 24.0 Å². The lowest BCUT2D eigenvalue weighted by Gasteiger charge is -2.06. The van der Waals surface area contributed by atoms with Crippen LogP contribution in [0, 0.1) is 11.8 Å². The highest BCUT2D eigenvalue weighted by Crippen LogP contribution is 2.43. The van der Waals surface area contributed by atoms with Gasteiger partial charge in [-0.2, -0.15) is 0 Å². The molecule has 3 atom stereocenters. The number of piperidine rings is 1. The van der Waals surface area contributed by atoms with Gasteiger partial charge in [0.2, 0.25) is 0 Å². The number of hydrogen-bond acceptors (Lipinski definition) is 4. The van der Waals surface area contributed by atoms with Gasteiger partial charge in [-0.25, -0.2) is 0 Å². The fourth-order valence-corrected chi connectivity index (χ4v) is 2.30. The molecule has 1 aromatic rings. The first-order valence-corrected chi connectivity index (χ1v) is 5.19. The van der Waals surface area contributed by atoms with Crippen LogP contribution in [0.4, 0.5) is 5.82 Å². The first-order valence-electron chi connectivity index (χ1n) is 4.81. The van der Waals surface area contributed by atoms with E-state index < -0.39 is 0 Å². The Labute approximate surface area is 87.1 Å². The molecule has 74 valence electrons. The Hall–Kier alpha value is -0.870. The molecular formula is C9H11ClN4. The predicted octanol–water partition coefficient (Wildman–Crippen LogP) is 0.760. The van der Waals surface area contributed by atoms with Crippen LogP contribution in [0.15, 0.2) is 12.1 Å². The van der Waals surface area contributed by atoms with E-state index in [9.17, 15) is 0 Å². The largest absolute Gasteiger partial charge is 0.365 e. The molecule has 3 rings (SSSR count). The Bertz CT molecular complexity index is 329. The van der Waals surface area contributed by atoms with Crippen molar-refractivity contribution in [3.8, 4) is 0 Å². The molecule has 1 aliphatic heterocycles. The molecule has 2 heterocycles. The second-order valence-corrected chi connectivity index (χ2v) is 4.28. The second-order valence-electron chi connectivity index (χ2n) is 3.90. The van der Waals surface area contributed by atoms with Gasteiger partial charge in [-0.3, -0.25) is 0 Å². The van der Waals surface area contributed by atoms with Crippen molar-refractivity contribution in [3.05, 3.63) is 17.3 Å². The van der Waals surface area contributed by atoms with Crippen LogP contribution in [0.3, 0.4) is 0 Å². The molecule has 0 radical (unpaired) electrons. The van der Waals surface area contributed by atoms with Gasteiger partial charge in [0, 0.05) is 19.1 Å². The van der Waals surface area contributed by atoms with Crippen molar-refractivity contribution in [1.82, 2.24) is 15.5 Å². The Kier molecular flexibility index (Phi) is 1.85. The molecule has 1 saturated carbocycles. The van der Waals surface area contributed by atoms with Crippen LogP contribution < -0.4 is 10.6 Å². The fourth-order valence-electron chi connectivity index (χ4n) is 2.20. The van der Waals surface area contributed by atoms with Crippen LogP contribution in [0.2, 0.25) is 5.15 Å². The lowest BCUT2D eigenvalue weighted by atomic mass is 10.4. The highest BCUT2D eigenvalue weighted by molar-refractivity contribution is 6.29. The van der Waals surface area contributed by atoms with Crippen LogP contribution in [0.1, 0.15) is 0 Å². The molecule has 2 aliphatic rings. The summed E-state index contributed by atoms with van der Waals surface area (Å²) >= 11 is 5.65. The van der Waals surface area contributed by atoms with Gasteiger partial charge in [0.1, 0.15) is 5.82 Å². The number of nitrogens with zero attached hydrogens (tertiary/aromatic N) is 2. The highest BCUT2D eigenvalue weighted by atomic mass is 35.5. The van der Waals surface area contributed by atoms with Crippen molar-refractivity contribution in [3.63, 3.8) is 0 Å². The Balaban J connectivity index is 1.65. The van der Waals surface area contributed by atoms with E-state index in [-0.39, 0.29) is 0 Å². The SMILES string of the molecule is Clc1ccc(N[C@H]2[C@@H]3CNC[C@@H]32)nn1. The van der Waals surface area contributed by atoms with Gasteiger partial charge < -0.3 is 10.6 Å². The van der Waals surface area contributed by atoms with E-state index >= 15 is 0 Å². The molecule has 1 aliphatic carbocycles. The molecular weight excluding hydrogens is 200 g/mol. The molecule has 2 fully saturated rings. The molecule has 1 aromatic heterocycles. The predicted molar refractivity (Wildman–Crippen MR) is 54.3 cm³/mol. The van der Waals surface area contributed by atoms with E-state index in [2.05, 4.69) is 20.8 Å². The fraction of sp³-hybridized carbons (Fsp3) is 0.556. The summed E-state index contributed by atoms with van der Waals surface area (Å²) in [5.74, 6) is 2.40. The zero-order valence-electron chi connectivity index (χ0n) is 7.57. The zero-order valence-corrected chi connectivity index (χ0v) is 8.33. The maximum absolute atomic E-state index is 5.65. The number of hydrogen-bond donors (Lipinski definition) is 2. The van der Waals surface area contributed by atoms with Gasteiger partial charge in [0.05, 0.1) is 0 Å². The van der Waals surface area contributed by atoms with Crippen molar-refractivity contribution in [2.24, 2.45) is 11.8 Å². The van der Waals surface area contributed by atoms with Crippen molar-refractivity contribution in [2.45, 2.75) is 6.04 Å². The summed E-state index contributed by atoms with van der Waals surface area (Å²) in [5.41, 5.74) is 0. The average Bonchev–Trinajstić information content (AvgIpc) is 2.63. The van der Waals surface area contributed by atoms with Gasteiger partial charge >= 0.3 is 0 Å². The van der Waals surface area contributed by atoms with E-state index in [0.29, 0.717) is 11.2 Å². The second kappa shape index (κ2) is 3.07. The van der Waals surface area contributed by atoms with E-state index in [1.807, 2.05) is 6.07 Å². The third kappa shape index (κ3) is 1.35. The average molecular weight is 211 g/mol. The topological polar surface area (TPSA) is 49.8 Å². The molecule has 1 saturated heterocycles. The number of aromatic nitrogens is 2. The maximum Gasteiger partial charge on any atom is 0.151 e. The van der Waals surface area contributed by atoms with E-state index in [4.69, 9.17) is 11.6 Å². The molecule has 2 N–H and O–H groups in total.